The molecule has 1 aliphatic heterocycles. The van der Waals surface area contributed by atoms with E-state index in [1.54, 1.807) is 0 Å². The van der Waals surface area contributed by atoms with Gasteiger partial charge in [-0.1, -0.05) is 35.5 Å². The molecular formula is C19H25NO4. The molecule has 5 heteroatoms. The third-order valence-corrected chi connectivity index (χ3v) is 5.13. The second kappa shape index (κ2) is 7.79. The van der Waals surface area contributed by atoms with Crippen LogP contribution in [0.15, 0.2) is 35.5 Å². The Morgan fingerprint density at radius 1 is 1.29 bits per heavy atom. The molecule has 1 aliphatic carbocycles. The Bertz CT molecular complexity index is 578. The molecule has 0 amide bonds. The van der Waals surface area contributed by atoms with Gasteiger partial charge in [-0.3, -0.25) is 4.79 Å². The minimum Gasteiger partial charge on any atom is -0.469 e. The van der Waals surface area contributed by atoms with Gasteiger partial charge in [0.25, 0.3) is 0 Å². The van der Waals surface area contributed by atoms with Crippen LogP contribution in [0.2, 0.25) is 0 Å². The zero-order valence-corrected chi connectivity index (χ0v) is 14.1. The number of benzene rings is 1. The highest BCUT2D eigenvalue weighted by atomic mass is 16.6. The van der Waals surface area contributed by atoms with Gasteiger partial charge in [0.2, 0.25) is 0 Å². The third-order valence-electron chi connectivity index (χ3n) is 5.13. The Balaban J connectivity index is 1.64. The van der Waals surface area contributed by atoms with E-state index in [0.717, 1.165) is 37.0 Å². The highest BCUT2D eigenvalue weighted by Gasteiger charge is 2.38. The number of aliphatic hydroxyl groups excluding tert-OH is 1. The second-order valence-corrected chi connectivity index (χ2v) is 6.76. The van der Waals surface area contributed by atoms with Crippen molar-refractivity contribution < 1.29 is 19.5 Å². The molecule has 130 valence electrons. The number of carbonyl (C=O) groups excluding carboxylic acids is 1. The van der Waals surface area contributed by atoms with Crippen molar-refractivity contribution in [3.8, 4) is 0 Å². The largest absolute Gasteiger partial charge is 0.469 e. The number of esters is 1. The normalized spacial score (nSPS) is 27.9. The predicted molar refractivity (Wildman–Crippen MR) is 90.5 cm³/mol. The number of hydrogen-bond acceptors (Lipinski definition) is 5. The third kappa shape index (κ3) is 3.96. The maximum Gasteiger partial charge on any atom is 0.312 e. The molecule has 0 aromatic heterocycles. The minimum atomic E-state index is -0.354. The van der Waals surface area contributed by atoms with Gasteiger partial charge in [0.15, 0.2) is 0 Å². The van der Waals surface area contributed by atoms with E-state index in [0.29, 0.717) is 18.8 Å². The van der Waals surface area contributed by atoms with E-state index in [1.165, 1.54) is 7.11 Å². The summed E-state index contributed by atoms with van der Waals surface area (Å²) < 4.78 is 4.99. The van der Waals surface area contributed by atoms with Gasteiger partial charge in [0.1, 0.15) is 12.0 Å². The van der Waals surface area contributed by atoms with Crippen LogP contribution in [0.5, 0.6) is 0 Å². The lowest BCUT2D eigenvalue weighted by Crippen LogP contribution is -2.32. The van der Waals surface area contributed by atoms with Crippen molar-refractivity contribution in [2.75, 3.05) is 7.11 Å². The van der Waals surface area contributed by atoms with Crippen LogP contribution in [0.3, 0.4) is 0 Å². The van der Waals surface area contributed by atoms with Crippen LogP contribution in [0, 0.1) is 11.8 Å². The van der Waals surface area contributed by atoms with E-state index in [1.807, 2.05) is 30.3 Å². The molecule has 0 bridgehead atoms. The van der Waals surface area contributed by atoms with Gasteiger partial charge in [-0.15, -0.1) is 0 Å². The topological polar surface area (TPSA) is 68.1 Å². The van der Waals surface area contributed by atoms with Crippen LogP contribution in [-0.2, 0) is 20.8 Å². The van der Waals surface area contributed by atoms with Gasteiger partial charge >= 0.3 is 5.97 Å². The number of carbonyl (C=O) groups is 1. The Morgan fingerprint density at radius 3 is 2.67 bits per heavy atom. The van der Waals surface area contributed by atoms with Crippen molar-refractivity contribution in [3.63, 3.8) is 0 Å². The average molecular weight is 331 g/mol. The number of aliphatic hydroxyl groups is 1. The van der Waals surface area contributed by atoms with Crippen molar-refractivity contribution in [2.24, 2.45) is 17.0 Å². The van der Waals surface area contributed by atoms with Gasteiger partial charge in [0, 0.05) is 12.3 Å². The van der Waals surface area contributed by atoms with Crippen LogP contribution in [0.4, 0.5) is 0 Å². The second-order valence-electron chi connectivity index (χ2n) is 6.76. The van der Waals surface area contributed by atoms with Crippen LogP contribution >= 0.6 is 0 Å². The molecule has 0 saturated heterocycles. The summed E-state index contributed by atoms with van der Waals surface area (Å²) in [4.78, 5) is 17.9. The molecule has 1 N–H and O–H groups in total. The summed E-state index contributed by atoms with van der Waals surface area (Å²) in [6.07, 6.45) is 4.34. The summed E-state index contributed by atoms with van der Waals surface area (Å²) in [5.41, 5.74) is 2.12. The molecular weight excluding hydrogens is 306 g/mol. The smallest absolute Gasteiger partial charge is 0.312 e. The molecule has 1 aromatic carbocycles. The zero-order chi connectivity index (χ0) is 16.9. The van der Waals surface area contributed by atoms with Crippen LogP contribution < -0.4 is 0 Å². The molecule has 0 spiro atoms. The summed E-state index contributed by atoms with van der Waals surface area (Å²) in [6.45, 7) is 0. The summed E-state index contributed by atoms with van der Waals surface area (Å²) in [5.74, 6) is -0.236. The quantitative estimate of drug-likeness (QED) is 0.842. The lowest BCUT2D eigenvalue weighted by Gasteiger charge is -2.25. The number of nitrogens with zero attached hydrogens (tertiary/aromatic N) is 1. The molecule has 2 aliphatic rings. The van der Waals surface area contributed by atoms with Crippen molar-refractivity contribution >= 4 is 11.7 Å². The van der Waals surface area contributed by atoms with E-state index in [4.69, 9.17) is 9.57 Å². The van der Waals surface area contributed by atoms with Crippen LogP contribution in [0.25, 0.3) is 0 Å². The number of hydrogen-bond donors (Lipinski definition) is 1. The highest BCUT2D eigenvalue weighted by Crippen LogP contribution is 2.32. The first-order chi connectivity index (χ1) is 11.7. The Morgan fingerprint density at radius 2 is 2.00 bits per heavy atom. The van der Waals surface area contributed by atoms with Crippen LogP contribution in [-0.4, -0.2) is 36.1 Å². The summed E-state index contributed by atoms with van der Waals surface area (Å²) in [5, 5.41) is 13.9. The predicted octanol–water partition coefficient (Wildman–Crippen LogP) is 2.71. The van der Waals surface area contributed by atoms with Gasteiger partial charge in [-0.05, 0) is 37.7 Å². The molecule has 1 saturated carbocycles. The molecule has 0 radical (unpaired) electrons. The fourth-order valence-corrected chi connectivity index (χ4v) is 3.67. The lowest BCUT2D eigenvalue weighted by atomic mass is 9.81. The van der Waals surface area contributed by atoms with Gasteiger partial charge in [0.05, 0.1) is 18.9 Å². The standard InChI is InChI=1S/C19H25NO4/c1-23-19(22)16(11-13-5-3-2-4-6-13)18-12-17(20-24-18)14-7-9-15(21)10-8-14/h2-6,14-16,18,21H,7-12H2,1H3. The Kier molecular flexibility index (Phi) is 5.51. The first-order valence-electron chi connectivity index (χ1n) is 8.69. The first kappa shape index (κ1) is 17.0. The van der Waals surface area contributed by atoms with E-state index in [9.17, 15) is 9.90 Å². The lowest BCUT2D eigenvalue weighted by molar-refractivity contribution is -0.150. The first-order valence-corrected chi connectivity index (χ1v) is 8.69. The average Bonchev–Trinajstić information content (AvgIpc) is 3.10. The monoisotopic (exact) mass is 331 g/mol. The minimum absolute atomic E-state index is 0.180. The van der Waals surface area contributed by atoms with E-state index in [-0.39, 0.29) is 24.1 Å². The number of oxime groups is 1. The zero-order valence-electron chi connectivity index (χ0n) is 14.1. The molecule has 2 atom stereocenters. The number of ether oxygens (including phenoxy) is 1. The summed E-state index contributed by atoms with van der Waals surface area (Å²) >= 11 is 0. The molecule has 3 rings (SSSR count). The van der Waals surface area contributed by atoms with Crippen molar-refractivity contribution in [2.45, 2.75) is 50.7 Å². The van der Waals surface area contributed by atoms with E-state index >= 15 is 0 Å². The fraction of sp³-hybridized carbons (Fsp3) is 0.579. The van der Waals surface area contributed by atoms with Crippen LogP contribution in [0.1, 0.15) is 37.7 Å². The fourth-order valence-electron chi connectivity index (χ4n) is 3.67. The summed E-state index contributed by atoms with van der Waals surface area (Å²) in [6, 6.07) is 9.91. The van der Waals surface area contributed by atoms with Gasteiger partial charge in [-0.2, -0.15) is 0 Å². The maximum atomic E-state index is 12.2. The molecule has 5 nitrogen and oxygen atoms in total. The molecule has 1 aromatic rings. The van der Waals surface area contributed by atoms with Crippen molar-refractivity contribution in [1.29, 1.82) is 0 Å². The number of rotatable bonds is 5. The molecule has 24 heavy (non-hydrogen) atoms. The van der Waals surface area contributed by atoms with Gasteiger partial charge < -0.3 is 14.7 Å². The molecule has 1 fully saturated rings. The Hall–Kier alpha value is -1.88. The SMILES string of the molecule is COC(=O)C(Cc1ccccc1)C1CC(C2CCC(O)CC2)=NO1. The molecule has 1 heterocycles. The van der Waals surface area contributed by atoms with E-state index in [2.05, 4.69) is 5.16 Å². The maximum absolute atomic E-state index is 12.2. The number of methoxy groups -OCH3 is 1. The van der Waals surface area contributed by atoms with E-state index < -0.39 is 0 Å². The summed E-state index contributed by atoms with van der Waals surface area (Å²) in [7, 11) is 1.42. The Labute approximate surface area is 142 Å². The highest BCUT2D eigenvalue weighted by molar-refractivity contribution is 5.88. The van der Waals surface area contributed by atoms with Crippen molar-refractivity contribution in [3.05, 3.63) is 35.9 Å². The van der Waals surface area contributed by atoms with Crippen molar-refractivity contribution in [1.82, 2.24) is 0 Å². The molecule has 2 unspecified atom stereocenters. The van der Waals surface area contributed by atoms with Gasteiger partial charge in [-0.25, -0.2) is 0 Å².